The molecule has 1 aromatic carbocycles. The zero-order chi connectivity index (χ0) is 12.0. The van der Waals surface area contributed by atoms with Crippen LogP contribution in [0.15, 0.2) is 24.3 Å². The maximum atomic E-state index is 9.11. The Morgan fingerprint density at radius 2 is 2.00 bits per heavy atom. The third-order valence-corrected chi connectivity index (χ3v) is 2.77. The van der Waals surface area contributed by atoms with Gasteiger partial charge in [-0.1, -0.05) is 30.7 Å². The monoisotopic (exact) mass is 243 g/mol. The van der Waals surface area contributed by atoms with Crippen molar-refractivity contribution >= 4 is 11.6 Å². The molecule has 1 aromatic rings. The van der Waals surface area contributed by atoms with Crippen molar-refractivity contribution < 1.29 is 10.2 Å². The summed E-state index contributed by atoms with van der Waals surface area (Å²) in [5, 5.41) is 22.1. The molecule has 0 saturated heterocycles. The van der Waals surface area contributed by atoms with Crippen molar-refractivity contribution in [1.29, 1.82) is 0 Å². The number of aliphatic hydroxyl groups is 2. The minimum Gasteiger partial charge on any atom is -0.396 e. The van der Waals surface area contributed by atoms with Crippen LogP contribution in [0.2, 0.25) is 5.02 Å². The Kier molecular flexibility index (Phi) is 5.22. The van der Waals surface area contributed by atoms with Crippen molar-refractivity contribution in [3.05, 3.63) is 34.9 Å². The van der Waals surface area contributed by atoms with Crippen LogP contribution < -0.4 is 5.32 Å². The second-order valence-electron chi connectivity index (χ2n) is 4.36. The van der Waals surface area contributed by atoms with E-state index in [1.54, 1.807) is 0 Å². The summed E-state index contributed by atoms with van der Waals surface area (Å²) >= 11 is 5.86. The minimum absolute atomic E-state index is 0.0357. The van der Waals surface area contributed by atoms with Gasteiger partial charge in [-0.3, -0.25) is 0 Å². The van der Waals surface area contributed by atoms with Gasteiger partial charge >= 0.3 is 0 Å². The first-order valence-electron chi connectivity index (χ1n) is 5.26. The van der Waals surface area contributed by atoms with Crippen LogP contribution in [0.1, 0.15) is 12.5 Å². The number of hydrogen-bond acceptors (Lipinski definition) is 3. The molecule has 3 N–H and O–H groups in total. The quantitative estimate of drug-likeness (QED) is 0.708. The predicted octanol–water partition coefficient (Wildman–Crippen LogP) is 1.42. The van der Waals surface area contributed by atoms with Gasteiger partial charge < -0.3 is 15.5 Å². The van der Waals surface area contributed by atoms with Gasteiger partial charge in [0.2, 0.25) is 0 Å². The smallest absolute Gasteiger partial charge is 0.0518 e. The van der Waals surface area contributed by atoms with Crippen LogP contribution in [-0.2, 0) is 6.54 Å². The summed E-state index contributed by atoms with van der Waals surface area (Å²) in [4.78, 5) is 0. The molecule has 0 heterocycles. The van der Waals surface area contributed by atoms with Crippen LogP contribution in [0.5, 0.6) is 0 Å². The molecule has 0 aromatic heterocycles. The molecule has 0 radical (unpaired) electrons. The van der Waals surface area contributed by atoms with Gasteiger partial charge in [0.25, 0.3) is 0 Å². The van der Waals surface area contributed by atoms with Crippen LogP contribution in [0.4, 0.5) is 0 Å². The number of rotatable bonds is 6. The average Bonchev–Trinajstić information content (AvgIpc) is 2.29. The van der Waals surface area contributed by atoms with E-state index in [1.165, 1.54) is 0 Å². The molecule has 90 valence electrons. The summed E-state index contributed by atoms with van der Waals surface area (Å²) in [6.07, 6.45) is 0. The Morgan fingerprint density at radius 1 is 1.31 bits per heavy atom. The highest BCUT2D eigenvalue weighted by Gasteiger charge is 2.21. The molecule has 0 bridgehead atoms. The first-order chi connectivity index (χ1) is 7.59. The normalized spacial score (nSPS) is 11.8. The van der Waals surface area contributed by atoms with E-state index in [1.807, 2.05) is 31.2 Å². The highest BCUT2D eigenvalue weighted by molar-refractivity contribution is 6.30. The Morgan fingerprint density at radius 3 is 2.56 bits per heavy atom. The zero-order valence-electron chi connectivity index (χ0n) is 9.41. The lowest BCUT2D eigenvalue weighted by atomic mass is 9.93. The van der Waals surface area contributed by atoms with Crippen molar-refractivity contribution in [2.45, 2.75) is 13.5 Å². The SMILES string of the molecule is CC(CO)(CO)CNCc1cccc(Cl)c1. The van der Waals surface area contributed by atoms with E-state index in [2.05, 4.69) is 5.32 Å². The van der Waals surface area contributed by atoms with Gasteiger partial charge in [0.05, 0.1) is 13.2 Å². The van der Waals surface area contributed by atoms with Crippen LogP contribution >= 0.6 is 11.6 Å². The number of aliphatic hydroxyl groups excluding tert-OH is 2. The fourth-order valence-electron chi connectivity index (χ4n) is 1.32. The summed E-state index contributed by atoms with van der Waals surface area (Å²) < 4.78 is 0. The van der Waals surface area contributed by atoms with E-state index in [9.17, 15) is 0 Å². The maximum absolute atomic E-state index is 9.11. The first-order valence-corrected chi connectivity index (χ1v) is 5.64. The molecule has 0 spiro atoms. The van der Waals surface area contributed by atoms with E-state index in [0.29, 0.717) is 18.1 Å². The lowest BCUT2D eigenvalue weighted by molar-refractivity contribution is 0.0695. The summed E-state index contributed by atoms with van der Waals surface area (Å²) in [5.41, 5.74) is 0.615. The molecule has 0 unspecified atom stereocenters. The molecular formula is C12H18ClNO2. The molecule has 16 heavy (non-hydrogen) atoms. The van der Waals surface area contributed by atoms with Crippen LogP contribution in [0.25, 0.3) is 0 Å². The Hall–Kier alpha value is -0.610. The summed E-state index contributed by atoms with van der Waals surface area (Å²) in [6.45, 7) is 3.00. The van der Waals surface area contributed by atoms with Crippen LogP contribution in [-0.4, -0.2) is 30.0 Å². The highest BCUT2D eigenvalue weighted by atomic mass is 35.5. The fraction of sp³-hybridized carbons (Fsp3) is 0.500. The van der Waals surface area contributed by atoms with E-state index in [4.69, 9.17) is 21.8 Å². The molecule has 0 amide bonds. The lowest BCUT2D eigenvalue weighted by Gasteiger charge is -2.24. The van der Waals surface area contributed by atoms with Crippen LogP contribution in [0.3, 0.4) is 0 Å². The van der Waals surface area contributed by atoms with Gasteiger partial charge in [0.15, 0.2) is 0 Å². The minimum atomic E-state index is -0.474. The fourth-order valence-corrected chi connectivity index (χ4v) is 1.53. The number of benzene rings is 1. The molecule has 1 rings (SSSR count). The second-order valence-corrected chi connectivity index (χ2v) is 4.80. The van der Waals surface area contributed by atoms with Crippen molar-refractivity contribution in [2.75, 3.05) is 19.8 Å². The Bertz CT molecular complexity index is 327. The van der Waals surface area contributed by atoms with Gasteiger partial charge in [-0.2, -0.15) is 0 Å². The topological polar surface area (TPSA) is 52.5 Å². The standard InChI is InChI=1S/C12H18ClNO2/c1-12(8-15,9-16)7-14-6-10-3-2-4-11(13)5-10/h2-5,14-16H,6-9H2,1H3. The van der Waals surface area contributed by atoms with Gasteiger partial charge in [0, 0.05) is 23.5 Å². The second kappa shape index (κ2) is 6.21. The van der Waals surface area contributed by atoms with Gasteiger partial charge in [-0.25, -0.2) is 0 Å². The van der Waals surface area contributed by atoms with Crippen molar-refractivity contribution in [2.24, 2.45) is 5.41 Å². The number of hydrogen-bond donors (Lipinski definition) is 3. The number of nitrogens with one attached hydrogen (secondary N) is 1. The summed E-state index contributed by atoms with van der Waals surface area (Å²) in [6, 6.07) is 7.60. The van der Waals surface area contributed by atoms with Crippen LogP contribution in [0, 0.1) is 5.41 Å². The molecule has 0 fully saturated rings. The number of halogens is 1. The van der Waals surface area contributed by atoms with E-state index >= 15 is 0 Å². The van der Waals surface area contributed by atoms with Gasteiger partial charge in [-0.05, 0) is 17.7 Å². The Labute approximate surface area is 101 Å². The highest BCUT2D eigenvalue weighted by Crippen LogP contribution is 2.13. The van der Waals surface area contributed by atoms with Gasteiger partial charge in [0.1, 0.15) is 0 Å². The van der Waals surface area contributed by atoms with E-state index < -0.39 is 5.41 Å². The molecule has 0 aliphatic heterocycles. The average molecular weight is 244 g/mol. The first kappa shape index (κ1) is 13.5. The van der Waals surface area contributed by atoms with Gasteiger partial charge in [-0.15, -0.1) is 0 Å². The zero-order valence-corrected chi connectivity index (χ0v) is 10.2. The molecular weight excluding hydrogens is 226 g/mol. The van der Waals surface area contributed by atoms with Crippen molar-refractivity contribution in [1.82, 2.24) is 5.32 Å². The molecule has 4 heteroatoms. The molecule has 3 nitrogen and oxygen atoms in total. The lowest BCUT2D eigenvalue weighted by Crippen LogP contribution is -2.37. The largest absolute Gasteiger partial charge is 0.396 e. The molecule has 0 atom stereocenters. The molecule has 0 aliphatic rings. The molecule has 0 aliphatic carbocycles. The third kappa shape index (κ3) is 4.10. The summed E-state index contributed by atoms with van der Waals surface area (Å²) in [5.74, 6) is 0. The predicted molar refractivity (Wildman–Crippen MR) is 65.4 cm³/mol. The maximum Gasteiger partial charge on any atom is 0.0518 e. The third-order valence-electron chi connectivity index (χ3n) is 2.53. The van der Waals surface area contributed by atoms with Crippen molar-refractivity contribution in [3.63, 3.8) is 0 Å². The van der Waals surface area contributed by atoms with E-state index in [0.717, 1.165) is 5.56 Å². The van der Waals surface area contributed by atoms with E-state index in [-0.39, 0.29) is 13.2 Å². The Balaban J connectivity index is 2.41. The summed E-state index contributed by atoms with van der Waals surface area (Å²) in [7, 11) is 0. The molecule has 0 saturated carbocycles. The van der Waals surface area contributed by atoms with Crippen molar-refractivity contribution in [3.8, 4) is 0 Å².